The molecule has 3 heterocycles. The summed E-state index contributed by atoms with van der Waals surface area (Å²) in [6, 6.07) is 43.6. The van der Waals surface area contributed by atoms with Crippen molar-refractivity contribution in [2.24, 2.45) is 0 Å². The SMILES string of the molecule is CN1C(=O)c2cccc3c(NCCO)ccc(c23)C1=O.Cc1ccccc1Oc1ccc2c3c(cccc13)C(=O)N(CCO)C2=O.O=C1c2cccc3c(NNC(=S)Nc4ccccc4)ccc(c23)C(=O)N1CCO. The Bertz CT molecular complexity index is 3560. The largest absolute Gasteiger partial charge is 0.456 e. The fraction of sp³-hybridized carbons (Fsp3) is 0.140. The average molecular weight is 1020 g/mol. The van der Waals surface area contributed by atoms with Gasteiger partial charge in [0.2, 0.25) is 0 Å². The summed E-state index contributed by atoms with van der Waals surface area (Å²) in [7, 11) is 1.49. The number of aliphatic hydroxyl groups excluding tert-OH is 3. The third kappa shape index (κ3) is 9.81. The third-order valence-corrected chi connectivity index (χ3v) is 13.0. The number of thiocarbonyl (C=S) groups is 1. The predicted octanol–water partition coefficient (Wildman–Crippen LogP) is 7.74. The normalized spacial score (nSPS) is 13.3. The van der Waals surface area contributed by atoms with Crippen LogP contribution in [0.3, 0.4) is 0 Å². The van der Waals surface area contributed by atoms with E-state index in [-0.39, 0.29) is 44.7 Å². The minimum Gasteiger partial charge on any atom is -0.456 e. The van der Waals surface area contributed by atoms with Gasteiger partial charge in [0.1, 0.15) is 11.5 Å². The maximum absolute atomic E-state index is 12.7. The Hall–Kier alpha value is -9.07. The first-order chi connectivity index (χ1) is 36.4. The zero-order valence-electron chi connectivity index (χ0n) is 40.5. The van der Waals surface area contributed by atoms with Gasteiger partial charge in [0, 0.05) is 90.7 Å². The van der Waals surface area contributed by atoms with Crippen molar-refractivity contribution in [2.45, 2.75) is 6.92 Å². The van der Waals surface area contributed by atoms with Gasteiger partial charge in [0.05, 0.1) is 38.6 Å². The molecule has 0 bridgehead atoms. The van der Waals surface area contributed by atoms with Gasteiger partial charge in [-0.15, -0.1) is 0 Å². The minimum absolute atomic E-state index is 0.0174. The highest BCUT2D eigenvalue weighted by Gasteiger charge is 2.35. The minimum atomic E-state index is -0.409. The lowest BCUT2D eigenvalue weighted by Gasteiger charge is -2.27. The number of carbonyl (C=O) groups excluding carboxylic acids is 6. The number of hydrogen-bond donors (Lipinski definition) is 7. The zero-order valence-corrected chi connectivity index (χ0v) is 41.4. The van der Waals surface area contributed by atoms with Crippen LogP contribution in [0, 0.1) is 6.92 Å². The van der Waals surface area contributed by atoms with Crippen LogP contribution in [0.1, 0.15) is 67.7 Å². The number of nitrogens with one attached hydrogen (secondary N) is 4. The molecule has 378 valence electrons. The smallest absolute Gasteiger partial charge is 0.261 e. The molecule has 75 heavy (non-hydrogen) atoms. The lowest BCUT2D eigenvalue weighted by atomic mass is 9.93. The zero-order chi connectivity index (χ0) is 52.9. The van der Waals surface area contributed by atoms with E-state index in [1.165, 1.54) is 7.05 Å². The van der Waals surface area contributed by atoms with Gasteiger partial charge < -0.3 is 30.7 Å². The molecule has 0 radical (unpaired) electrons. The summed E-state index contributed by atoms with van der Waals surface area (Å²) in [6.45, 7) is 1.79. The van der Waals surface area contributed by atoms with Crippen molar-refractivity contribution in [1.29, 1.82) is 0 Å². The van der Waals surface area contributed by atoms with E-state index in [4.69, 9.17) is 27.2 Å². The Morgan fingerprint density at radius 3 is 1.52 bits per heavy atom. The van der Waals surface area contributed by atoms with Gasteiger partial charge in [0.25, 0.3) is 35.4 Å². The molecule has 8 aromatic carbocycles. The van der Waals surface area contributed by atoms with Crippen LogP contribution in [0.2, 0.25) is 0 Å². The number of β-amino-alcohol motifs (C(OH)–C–C–N with tert-alkyl or cyclic N) is 2. The summed E-state index contributed by atoms with van der Waals surface area (Å²) < 4.78 is 6.07. The number of imide groups is 3. The van der Waals surface area contributed by atoms with Gasteiger partial charge in [-0.25, -0.2) is 0 Å². The highest BCUT2D eigenvalue weighted by Crippen LogP contribution is 2.39. The molecule has 0 fully saturated rings. The van der Waals surface area contributed by atoms with Crippen LogP contribution in [0.15, 0.2) is 146 Å². The van der Waals surface area contributed by atoms with Crippen LogP contribution in [-0.2, 0) is 0 Å². The molecule has 8 aromatic rings. The molecule has 17 nitrogen and oxygen atoms in total. The summed E-state index contributed by atoms with van der Waals surface area (Å²) in [6.07, 6.45) is 0. The van der Waals surface area contributed by atoms with E-state index >= 15 is 0 Å². The van der Waals surface area contributed by atoms with Crippen molar-refractivity contribution in [3.63, 3.8) is 0 Å². The fourth-order valence-electron chi connectivity index (χ4n) is 9.23. The highest BCUT2D eigenvalue weighted by molar-refractivity contribution is 7.80. The number of anilines is 3. The molecule has 0 spiro atoms. The topological polar surface area (TPSA) is 230 Å². The molecular formula is C57H49N7O10S. The summed E-state index contributed by atoms with van der Waals surface area (Å²) in [5.74, 6) is -0.855. The average Bonchev–Trinajstić information content (AvgIpc) is 3.46. The van der Waals surface area contributed by atoms with Crippen molar-refractivity contribution < 1.29 is 48.8 Å². The number of hydrazine groups is 1. The van der Waals surface area contributed by atoms with Crippen LogP contribution in [0.4, 0.5) is 17.1 Å². The van der Waals surface area contributed by atoms with Crippen LogP contribution in [0.5, 0.6) is 11.5 Å². The van der Waals surface area contributed by atoms with Gasteiger partial charge in [0.15, 0.2) is 5.11 Å². The van der Waals surface area contributed by atoms with Crippen molar-refractivity contribution >= 4 is 102 Å². The summed E-state index contributed by atoms with van der Waals surface area (Å²) >= 11 is 5.30. The molecule has 6 amide bonds. The number of nitrogens with zero attached hydrogens (tertiary/aromatic N) is 3. The summed E-state index contributed by atoms with van der Waals surface area (Å²) in [4.78, 5) is 78.4. The number of benzene rings is 8. The lowest BCUT2D eigenvalue weighted by molar-refractivity contribution is 0.0567. The molecule has 0 aromatic heterocycles. The molecule has 11 rings (SSSR count). The van der Waals surface area contributed by atoms with Gasteiger partial charge >= 0.3 is 0 Å². The van der Waals surface area contributed by atoms with E-state index < -0.39 is 23.6 Å². The Kier molecular flexibility index (Phi) is 14.9. The Labute approximate surface area is 434 Å². The number of hydrogen-bond acceptors (Lipinski definition) is 13. The first-order valence-corrected chi connectivity index (χ1v) is 24.2. The molecular weight excluding hydrogens is 975 g/mol. The molecule has 0 aliphatic carbocycles. The Balaban J connectivity index is 0.000000140. The van der Waals surface area contributed by atoms with E-state index in [0.717, 1.165) is 48.2 Å². The molecule has 3 aliphatic heterocycles. The summed E-state index contributed by atoms with van der Waals surface area (Å²) in [5, 5.41) is 37.9. The molecule has 0 atom stereocenters. The molecule has 0 unspecified atom stereocenters. The second kappa shape index (κ2) is 22.0. The van der Waals surface area contributed by atoms with Crippen LogP contribution in [0.25, 0.3) is 32.3 Å². The van der Waals surface area contributed by atoms with E-state index in [2.05, 4.69) is 21.5 Å². The maximum atomic E-state index is 12.7. The Morgan fingerprint density at radius 1 is 0.493 bits per heavy atom. The molecule has 18 heteroatoms. The number of rotatable bonds is 12. The summed E-state index contributed by atoms with van der Waals surface area (Å²) in [5.41, 5.74) is 12.1. The predicted molar refractivity (Wildman–Crippen MR) is 289 cm³/mol. The quantitative estimate of drug-likeness (QED) is 0.0353. The highest BCUT2D eigenvalue weighted by atomic mass is 32.1. The molecule has 3 aliphatic rings. The number of para-hydroxylation sites is 2. The monoisotopic (exact) mass is 1020 g/mol. The number of carbonyl (C=O) groups is 6. The van der Waals surface area contributed by atoms with E-state index in [1.54, 1.807) is 72.8 Å². The van der Waals surface area contributed by atoms with Crippen molar-refractivity contribution in [2.75, 3.05) is 62.6 Å². The number of aliphatic hydroxyl groups is 3. The van der Waals surface area contributed by atoms with Crippen LogP contribution < -0.4 is 26.2 Å². The van der Waals surface area contributed by atoms with E-state index in [9.17, 15) is 33.9 Å². The third-order valence-electron chi connectivity index (χ3n) is 12.8. The van der Waals surface area contributed by atoms with Crippen LogP contribution in [-0.4, -0.2) is 117 Å². The fourth-order valence-corrected chi connectivity index (χ4v) is 9.40. The first-order valence-electron chi connectivity index (χ1n) is 23.8. The number of ether oxygens (including phenoxy) is 1. The van der Waals surface area contributed by atoms with Gasteiger partial charge in [-0.3, -0.25) is 54.3 Å². The Morgan fingerprint density at radius 2 is 0.960 bits per heavy atom. The van der Waals surface area contributed by atoms with E-state index in [0.29, 0.717) is 78.0 Å². The molecule has 0 saturated carbocycles. The van der Waals surface area contributed by atoms with Crippen LogP contribution >= 0.6 is 12.2 Å². The molecule has 7 N–H and O–H groups in total. The van der Waals surface area contributed by atoms with Crippen molar-refractivity contribution in [1.82, 2.24) is 20.1 Å². The second-order valence-electron chi connectivity index (χ2n) is 17.3. The van der Waals surface area contributed by atoms with Crippen molar-refractivity contribution in [3.05, 3.63) is 185 Å². The number of aryl methyl sites for hydroxylation is 1. The standard InChI is InChI=1S/C21H18N4O3S.C21H17NO4.C15H14N2O3/c26-12-11-25-19(27)15-8-4-7-14-17(10-9-16(18(14)15)20(25)28)23-24-21(29)22-13-5-2-1-3-6-13;1-13-5-2-3-8-17(13)26-18-10-9-16-19-14(18)6-4-7-15(19)20(24)22(11-12-23)21(16)25;1-17-14(19)10-4-2-3-9-12(16-7-8-18)6-5-11(13(9)10)15(17)20/h1-10,23,26H,11-12H2,(H2,22,24,29);2-10,23H,11-12H2,1H3;2-6,16,18H,7-8H2,1H3. The number of amides is 6. The van der Waals surface area contributed by atoms with Gasteiger partial charge in [-0.2, -0.15) is 0 Å². The molecule has 0 saturated heterocycles. The lowest BCUT2D eigenvalue weighted by Crippen LogP contribution is -2.42. The van der Waals surface area contributed by atoms with Crippen molar-refractivity contribution in [3.8, 4) is 11.5 Å². The first kappa shape index (κ1) is 50.9. The van der Waals surface area contributed by atoms with Gasteiger partial charge in [-0.1, -0.05) is 72.8 Å². The maximum Gasteiger partial charge on any atom is 0.261 e. The second-order valence-corrected chi connectivity index (χ2v) is 17.8. The van der Waals surface area contributed by atoms with Gasteiger partial charge in [-0.05, 0) is 97.5 Å². The van der Waals surface area contributed by atoms with E-state index in [1.807, 2.05) is 79.7 Å².